The number of piperazine rings is 2. The van der Waals surface area contributed by atoms with Gasteiger partial charge in [0.15, 0.2) is 10.3 Å². The van der Waals surface area contributed by atoms with Gasteiger partial charge in [0.05, 0.1) is 11.1 Å². The quantitative estimate of drug-likeness (QED) is 0.170. The number of aryl methyl sites for hydroxylation is 2. The van der Waals surface area contributed by atoms with Gasteiger partial charge in [0, 0.05) is 88.4 Å². The molecule has 6 rings (SSSR count). The molecule has 2 aliphatic rings. The largest absolute Gasteiger partial charge is 0.416 e. The van der Waals surface area contributed by atoms with Crippen LogP contribution in [0.5, 0.6) is 0 Å². The molecular formula is C34H38Cl2F6N6O2S2. The molecular weight excluding hydrogens is 773 g/mol. The lowest BCUT2D eigenvalue weighted by atomic mass is 10.0. The Morgan fingerprint density at radius 3 is 1.23 bits per heavy atom. The van der Waals surface area contributed by atoms with Crippen LogP contribution in [0.3, 0.4) is 0 Å². The molecule has 2 amide bonds. The van der Waals surface area contributed by atoms with Gasteiger partial charge in [-0.15, -0.1) is 47.5 Å². The van der Waals surface area contributed by atoms with Crippen LogP contribution >= 0.6 is 47.5 Å². The molecule has 0 saturated carbocycles. The first-order valence-electron chi connectivity index (χ1n) is 16.0. The molecule has 2 fully saturated rings. The highest BCUT2D eigenvalue weighted by Gasteiger charge is 2.34. The van der Waals surface area contributed by atoms with E-state index in [4.69, 9.17) is 0 Å². The number of aromatic nitrogens is 2. The third-order valence-corrected chi connectivity index (χ3v) is 10.2. The second-order valence-corrected chi connectivity index (χ2v) is 13.4. The molecule has 2 aromatic heterocycles. The van der Waals surface area contributed by atoms with E-state index in [9.17, 15) is 35.9 Å². The fraction of sp³-hybridized carbons (Fsp3) is 0.412. The number of rotatable bonds is 8. The molecule has 4 aromatic rings. The number of alkyl halides is 6. The second kappa shape index (κ2) is 19.5. The normalized spacial score (nSPS) is 14.9. The molecule has 8 nitrogen and oxygen atoms in total. The van der Waals surface area contributed by atoms with Gasteiger partial charge in [-0.05, 0) is 36.1 Å². The molecule has 2 aromatic carbocycles. The Morgan fingerprint density at radius 1 is 0.577 bits per heavy atom. The van der Waals surface area contributed by atoms with Crippen LogP contribution in [0.15, 0.2) is 71.7 Å². The minimum absolute atomic E-state index is 0. The van der Waals surface area contributed by atoms with Crippen molar-refractivity contribution in [3.05, 3.63) is 93.9 Å². The lowest BCUT2D eigenvalue weighted by Crippen LogP contribution is -2.48. The molecule has 4 heterocycles. The van der Waals surface area contributed by atoms with Crippen LogP contribution in [0.1, 0.15) is 35.1 Å². The van der Waals surface area contributed by atoms with Crippen molar-refractivity contribution >= 4 is 69.6 Å². The standard InChI is InChI=1S/2C17H18F3N3OS.2ClH/c2*18-17(19,20)14-4-2-1-3-13(14)5-6-15(24)22-8-10-23(11-9-22)16-21-7-12-25-16;;/h2*1-4,7,12H,5-6,8-11H2;2*1H. The van der Waals surface area contributed by atoms with Crippen molar-refractivity contribution in [3.8, 4) is 0 Å². The van der Waals surface area contributed by atoms with E-state index in [0.717, 1.165) is 22.4 Å². The van der Waals surface area contributed by atoms with E-state index < -0.39 is 23.5 Å². The van der Waals surface area contributed by atoms with Crippen LogP contribution in [0, 0.1) is 0 Å². The molecule has 52 heavy (non-hydrogen) atoms. The summed E-state index contributed by atoms with van der Waals surface area (Å²) < 4.78 is 78.0. The predicted molar refractivity (Wildman–Crippen MR) is 196 cm³/mol. The minimum atomic E-state index is -4.39. The molecule has 0 bridgehead atoms. The third kappa shape index (κ3) is 11.7. The van der Waals surface area contributed by atoms with E-state index in [1.165, 1.54) is 24.3 Å². The molecule has 0 radical (unpaired) electrons. The number of benzene rings is 2. The number of nitrogens with zero attached hydrogens (tertiary/aromatic N) is 6. The SMILES string of the molecule is Cl.Cl.O=C(CCc1ccccc1C(F)(F)F)N1CCN(c2nccs2)CC1.O=C(CCc1ccccc1C(F)(F)F)N1CCN(c2nccs2)CC1. The van der Waals surface area contributed by atoms with Gasteiger partial charge < -0.3 is 19.6 Å². The number of anilines is 2. The summed E-state index contributed by atoms with van der Waals surface area (Å²) in [6, 6.07) is 10.9. The lowest BCUT2D eigenvalue weighted by molar-refractivity contribution is -0.139. The number of hydrogen-bond acceptors (Lipinski definition) is 8. The number of carbonyl (C=O) groups is 2. The smallest absolute Gasteiger partial charge is 0.345 e. The van der Waals surface area contributed by atoms with E-state index in [1.807, 2.05) is 10.8 Å². The molecule has 284 valence electrons. The molecule has 0 spiro atoms. The zero-order chi connectivity index (χ0) is 35.7. The highest BCUT2D eigenvalue weighted by Crippen LogP contribution is 2.33. The first-order valence-corrected chi connectivity index (χ1v) is 17.8. The number of thiazole rings is 2. The van der Waals surface area contributed by atoms with Gasteiger partial charge in [0.1, 0.15) is 0 Å². The summed E-state index contributed by atoms with van der Waals surface area (Å²) in [7, 11) is 0. The van der Waals surface area contributed by atoms with E-state index in [1.54, 1.807) is 57.0 Å². The van der Waals surface area contributed by atoms with Crippen LogP contribution in [0.4, 0.5) is 36.6 Å². The summed E-state index contributed by atoms with van der Waals surface area (Å²) in [5.74, 6) is -0.202. The summed E-state index contributed by atoms with van der Waals surface area (Å²) in [6.07, 6.45) is -4.92. The van der Waals surface area contributed by atoms with Crippen LogP contribution in [0.25, 0.3) is 0 Å². The highest BCUT2D eigenvalue weighted by atomic mass is 35.5. The van der Waals surface area contributed by atoms with Gasteiger partial charge in [-0.2, -0.15) is 26.3 Å². The fourth-order valence-electron chi connectivity index (χ4n) is 5.87. The van der Waals surface area contributed by atoms with Crippen LogP contribution < -0.4 is 9.80 Å². The van der Waals surface area contributed by atoms with Crippen LogP contribution in [0.2, 0.25) is 0 Å². The van der Waals surface area contributed by atoms with Gasteiger partial charge in [-0.1, -0.05) is 36.4 Å². The van der Waals surface area contributed by atoms with Gasteiger partial charge in [0.25, 0.3) is 0 Å². The topological polar surface area (TPSA) is 72.9 Å². The number of amides is 2. The average molecular weight is 812 g/mol. The molecule has 0 N–H and O–H groups in total. The molecule has 0 atom stereocenters. The van der Waals surface area contributed by atoms with Crippen molar-refractivity contribution in [3.63, 3.8) is 0 Å². The maximum absolute atomic E-state index is 13.0. The molecule has 18 heteroatoms. The summed E-state index contributed by atoms with van der Waals surface area (Å²) in [4.78, 5) is 40.9. The zero-order valence-corrected chi connectivity index (χ0v) is 31.1. The maximum atomic E-state index is 13.0. The summed E-state index contributed by atoms with van der Waals surface area (Å²) in [6.45, 7) is 5.05. The Balaban J connectivity index is 0.000000270. The summed E-state index contributed by atoms with van der Waals surface area (Å²) in [5.41, 5.74) is -0.970. The highest BCUT2D eigenvalue weighted by molar-refractivity contribution is 7.13. The molecule has 2 aliphatic heterocycles. The minimum Gasteiger partial charge on any atom is -0.345 e. The third-order valence-electron chi connectivity index (χ3n) is 8.51. The first kappa shape index (κ1) is 42.8. The number of hydrogen-bond donors (Lipinski definition) is 0. The molecule has 0 unspecified atom stereocenters. The Hall–Kier alpha value is -3.60. The van der Waals surface area contributed by atoms with Crippen molar-refractivity contribution < 1.29 is 35.9 Å². The Labute approximate surface area is 318 Å². The monoisotopic (exact) mass is 810 g/mol. The molecule has 2 saturated heterocycles. The van der Waals surface area contributed by atoms with E-state index in [0.29, 0.717) is 52.4 Å². The maximum Gasteiger partial charge on any atom is 0.416 e. The van der Waals surface area contributed by atoms with Gasteiger partial charge in [-0.3, -0.25) is 9.59 Å². The second-order valence-electron chi connectivity index (χ2n) is 11.7. The van der Waals surface area contributed by atoms with E-state index in [2.05, 4.69) is 19.8 Å². The van der Waals surface area contributed by atoms with Gasteiger partial charge in [-0.25, -0.2) is 9.97 Å². The van der Waals surface area contributed by atoms with Gasteiger partial charge >= 0.3 is 12.4 Å². The van der Waals surface area contributed by atoms with Crippen LogP contribution in [-0.2, 0) is 34.8 Å². The van der Waals surface area contributed by atoms with Crippen molar-refractivity contribution in [2.45, 2.75) is 38.0 Å². The van der Waals surface area contributed by atoms with Gasteiger partial charge in [0.2, 0.25) is 11.8 Å². The van der Waals surface area contributed by atoms with Crippen molar-refractivity contribution in [2.24, 2.45) is 0 Å². The fourth-order valence-corrected chi connectivity index (χ4v) is 7.26. The van der Waals surface area contributed by atoms with E-state index in [-0.39, 0.29) is 73.4 Å². The Kier molecular flexibility index (Phi) is 16.0. The van der Waals surface area contributed by atoms with Crippen molar-refractivity contribution in [1.82, 2.24) is 19.8 Å². The zero-order valence-electron chi connectivity index (χ0n) is 27.8. The molecule has 0 aliphatic carbocycles. The summed E-state index contributed by atoms with van der Waals surface area (Å²) in [5, 5.41) is 5.69. The Bertz CT molecular complexity index is 1560. The van der Waals surface area contributed by atoms with E-state index >= 15 is 0 Å². The van der Waals surface area contributed by atoms with Crippen LogP contribution in [-0.4, -0.2) is 83.9 Å². The number of halogens is 8. The predicted octanol–water partition coefficient (Wildman–Crippen LogP) is 7.73. The van der Waals surface area contributed by atoms with Crippen molar-refractivity contribution in [1.29, 1.82) is 0 Å². The first-order chi connectivity index (χ1) is 23.9. The number of carbonyl (C=O) groups excluding carboxylic acids is 2. The Morgan fingerprint density at radius 2 is 0.923 bits per heavy atom. The van der Waals surface area contributed by atoms with Crippen molar-refractivity contribution in [2.75, 3.05) is 62.2 Å². The summed E-state index contributed by atoms with van der Waals surface area (Å²) >= 11 is 3.11. The lowest BCUT2D eigenvalue weighted by Gasteiger charge is -2.34. The average Bonchev–Trinajstić information content (AvgIpc) is 3.86.